The summed E-state index contributed by atoms with van der Waals surface area (Å²) in [4.78, 5) is 34.9. The van der Waals surface area contributed by atoms with Gasteiger partial charge in [0, 0.05) is 11.4 Å². The number of nitrogens with zero attached hydrogens (tertiary/aromatic N) is 4. The van der Waals surface area contributed by atoms with Gasteiger partial charge in [-0.3, -0.25) is 0 Å². The third-order valence-electron chi connectivity index (χ3n) is 5.85. The van der Waals surface area contributed by atoms with E-state index < -0.39 is 18.0 Å². The second kappa shape index (κ2) is 12.4. The molecule has 0 atom stereocenters. The van der Waals surface area contributed by atoms with Gasteiger partial charge in [-0.05, 0) is 97.8 Å². The molecule has 4 aromatic rings. The molecule has 0 aliphatic carbocycles. The van der Waals surface area contributed by atoms with E-state index in [1.54, 1.807) is 62.4 Å². The second-order valence-electron chi connectivity index (χ2n) is 9.00. The first-order valence-corrected chi connectivity index (χ1v) is 12.3. The van der Waals surface area contributed by atoms with Crippen molar-refractivity contribution < 1.29 is 34.8 Å². The predicted molar refractivity (Wildman–Crippen MR) is 153 cm³/mol. The summed E-state index contributed by atoms with van der Waals surface area (Å²) < 4.78 is 0. The van der Waals surface area contributed by atoms with E-state index in [9.17, 15) is 34.8 Å². The van der Waals surface area contributed by atoms with Crippen LogP contribution in [-0.4, -0.2) is 38.4 Å². The quantitative estimate of drug-likeness (QED) is 0.117. The van der Waals surface area contributed by atoms with E-state index >= 15 is 0 Å². The van der Waals surface area contributed by atoms with Crippen molar-refractivity contribution in [1.82, 2.24) is 0 Å². The van der Waals surface area contributed by atoms with Gasteiger partial charge in [0.05, 0.1) is 22.5 Å². The standard InChI is InChI=1S/C29H24N6O7/c1-15-11-17(27(38)39)13-23(25(15)36)34-32-21-7-3-19(4-8-21)30-29(42)31-20-5-9-22(10-6-20)33-35-24-14-18(28(40)41)12-16(2)26(24)37/h3-14,36-37H,1-2H3,(H,38,39)(H,40,41)(H2,30,31,42). The van der Waals surface area contributed by atoms with Gasteiger partial charge in [-0.1, -0.05) is 0 Å². The molecule has 0 spiro atoms. The number of carboxylic acid groups (broad SMARTS) is 2. The molecule has 0 saturated carbocycles. The van der Waals surface area contributed by atoms with Gasteiger partial charge in [-0.15, -0.1) is 10.2 Å². The zero-order chi connectivity index (χ0) is 30.4. The molecule has 2 amide bonds. The number of amides is 2. The van der Waals surface area contributed by atoms with E-state index in [-0.39, 0.29) is 34.0 Å². The van der Waals surface area contributed by atoms with Gasteiger partial charge in [0.2, 0.25) is 0 Å². The fraction of sp³-hybridized carbons (Fsp3) is 0.0690. The van der Waals surface area contributed by atoms with Crippen LogP contribution < -0.4 is 10.6 Å². The highest BCUT2D eigenvalue weighted by Crippen LogP contribution is 2.34. The van der Waals surface area contributed by atoms with E-state index in [2.05, 4.69) is 31.1 Å². The Morgan fingerprint density at radius 2 is 0.929 bits per heavy atom. The number of hydrogen-bond donors (Lipinski definition) is 6. The molecule has 4 aromatic carbocycles. The smallest absolute Gasteiger partial charge is 0.335 e. The van der Waals surface area contributed by atoms with Crippen LogP contribution in [0, 0.1) is 13.8 Å². The number of carbonyl (C=O) groups is 3. The van der Waals surface area contributed by atoms with Crippen molar-refractivity contribution in [3.8, 4) is 11.5 Å². The largest absolute Gasteiger partial charge is 0.505 e. The van der Waals surface area contributed by atoms with Gasteiger partial charge in [-0.2, -0.15) is 10.2 Å². The Hall–Kier alpha value is -6.11. The molecule has 42 heavy (non-hydrogen) atoms. The molecular formula is C29H24N6O7. The van der Waals surface area contributed by atoms with Crippen molar-refractivity contribution in [2.45, 2.75) is 13.8 Å². The summed E-state index contributed by atoms with van der Waals surface area (Å²) in [5.74, 6) is -2.65. The van der Waals surface area contributed by atoms with Crippen LogP contribution in [0.25, 0.3) is 0 Å². The monoisotopic (exact) mass is 568 g/mol. The normalized spacial score (nSPS) is 11.1. The number of azo groups is 2. The molecule has 0 aromatic heterocycles. The van der Waals surface area contributed by atoms with Gasteiger partial charge in [0.15, 0.2) is 0 Å². The van der Waals surface area contributed by atoms with Crippen LogP contribution in [0.3, 0.4) is 0 Å². The topological polar surface area (TPSA) is 206 Å². The Balaban J connectivity index is 1.35. The summed E-state index contributed by atoms with van der Waals surface area (Å²) in [5, 5.41) is 59.9. The average Bonchev–Trinajstić information content (AvgIpc) is 2.95. The number of aromatic carboxylic acids is 2. The number of phenolic OH excluding ortho intramolecular Hbond substituents is 2. The molecule has 0 bridgehead atoms. The zero-order valence-electron chi connectivity index (χ0n) is 22.2. The van der Waals surface area contributed by atoms with Gasteiger partial charge < -0.3 is 31.1 Å². The van der Waals surface area contributed by atoms with Crippen LogP contribution in [0.2, 0.25) is 0 Å². The molecule has 13 nitrogen and oxygen atoms in total. The zero-order valence-corrected chi connectivity index (χ0v) is 22.2. The Bertz CT molecular complexity index is 1610. The first kappa shape index (κ1) is 28.9. The molecular weight excluding hydrogens is 544 g/mol. The van der Waals surface area contributed by atoms with Crippen molar-refractivity contribution in [3.63, 3.8) is 0 Å². The lowest BCUT2D eigenvalue weighted by molar-refractivity contribution is 0.0686. The average molecular weight is 569 g/mol. The summed E-state index contributed by atoms with van der Waals surface area (Å²) in [5.41, 5.74) is 2.42. The second-order valence-corrected chi connectivity index (χ2v) is 9.00. The Morgan fingerprint density at radius 3 is 1.26 bits per heavy atom. The number of aromatic hydroxyl groups is 2. The molecule has 212 valence electrons. The number of carbonyl (C=O) groups excluding carboxylic acids is 1. The van der Waals surface area contributed by atoms with Crippen molar-refractivity contribution >= 4 is 52.1 Å². The Morgan fingerprint density at radius 1 is 0.571 bits per heavy atom. The highest BCUT2D eigenvalue weighted by Gasteiger charge is 2.12. The van der Waals surface area contributed by atoms with Gasteiger partial charge in [0.25, 0.3) is 0 Å². The van der Waals surface area contributed by atoms with Crippen LogP contribution in [0.15, 0.2) is 93.3 Å². The minimum Gasteiger partial charge on any atom is -0.505 e. The molecule has 0 saturated heterocycles. The summed E-state index contributed by atoms with van der Waals surface area (Å²) in [6.45, 7) is 3.12. The molecule has 0 heterocycles. The lowest BCUT2D eigenvalue weighted by Gasteiger charge is -2.08. The number of urea groups is 1. The number of hydrogen-bond acceptors (Lipinski definition) is 9. The van der Waals surface area contributed by atoms with Crippen molar-refractivity contribution in [3.05, 3.63) is 95.1 Å². The van der Waals surface area contributed by atoms with Crippen molar-refractivity contribution in [2.24, 2.45) is 20.5 Å². The summed E-state index contributed by atoms with van der Waals surface area (Å²) in [6, 6.07) is 17.3. The van der Waals surface area contributed by atoms with Crippen molar-refractivity contribution in [2.75, 3.05) is 10.6 Å². The lowest BCUT2D eigenvalue weighted by Crippen LogP contribution is -2.19. The van der Waals surface area contributed by atoms with Crippen LogP contribution in [0.5, 0.6) is 11.5 Å². The Kier molecular flexibility index (Phi) is 8.52. The van der Waals surface area contributed by atoms with E-state index in [4.69, 9.17) is 0 Å². The third kappa shape index (κ3) is 7.09. The number of nitrogens with one attached hydrogen (secondary N) is 2. The van der Waals surface area contributed by atoms with Crippen molar-refractivity contribution in [1.29, 1.82) is 0 Å². The fourth-order valence-corrected chi connectivity index (χ4v) is 3.66. The van der Waals surface area contributed by atoms with Crippen LogP contribution >= 0.6 is 0 Å². The molecule has 6 N–H and O–H groups in total. The SMILES string of the molecule is Cc1cc(C(=O)O)cc(N=Nc2ccc(NC(=O)Nc3ccc(N=Nc4cc(C(=O)O)cc(C)c4O)cc3)cc2)c1O. The highest BCUT2D eigenvalue weighted by molar-refractivity contribution is 5.99. The van der Waals surface area contributed by atoms with E-state index in [0.717, 1.165) is 0 Å². The number of carboxylic acids is 2. The van der Waals surface area contributed by atoms with E-state index in [1.807, 2.05) is 0 Å². The van der Waals surface area contributed by atoms with E-state index in [0.29, 0.717) is 33.9 Å². The summed E-state index contributed by atoms with van der Waals surface area (Å²) in [6.07, 6.45) is 0. The number of anilines is 2. The number of rotatable bonds is 8. The predicted octanol–water partition coefficient (Wildman–Crippen LogP) is 7.59. The summed E-state index contributed by atoms with van der Waals surface area (Å²) >= 11 is 0. The summed E-state index contributed by atoms with van der Waals surface area (Å²) in [7, 11) is 0. The minimum atomic E-state index is -1.15. The molecule has 0 fully saturated rings. The highest BCUT2D eigenvalue weighted by atomic mass is 16.4. The molecule has 13 heteroatoms. The fourth-order valence-electron chi connectivity index (χ4n) is 3.66. The van der Waals surface area contributed by atoms with Gasteiger partial charge in [0.1, 0.15) is 22.9 Å². The van der Waals surface area contributed by atoms with Crippen LogP contribution in [0.4, 0.5) is 38.9 Å². The van der Waals surface area contributed by atoms with Gasteiger partial charge in [-0.25, -0.2) is 14.4 Å². The maximum atomic E-state index is 12.4. The first-order chi connectivity index (χ1) is 20.0. The molecule has 0 aliphatic heterocycles. The third-order valence-corrected chi connectivity index (χ3v) is 5.85. The Labute approximate surface area is 238 Å². The molecule has 0 unspecified atom stereocenters. The maximum absolute atomic E-state index is 12.4. The molecule has 0 radical (unpaired) electrons. The maximum Gasteiger partial charge on any atom is 0.335 e. The number of phenols is 2. The molecule has 4 rings (SSSR count). The number of aryl methyl sites for hydroxylation is 2. The first-order valence-electron chi connectivity index (χ1n) is 12.3. The van der Waals surface area contributed by atoms with Crippen LogP contribution in [0.1, 0.15) is 31.8 Å². The lowest BCUT2D eigenvalue weighted by atomic mass is 10.1. The number of benzene rings is 4. The van der Waals surface area contributed by atoms with E-state index in [1.165, 1.54) is 24.3 Å². The van der Waals surface area contributed by atoms with Gasteiger partial charge >= 0.3 is 18.0 Å². The molecule has 0 aliphatic rings. The minimum absolute atomic E-state index is 0.0158. The van der Waals surface area contributed by atoms with Crippen LogP contribution in [-0.2, 0) is 0 Å².